The molecule has 2 aromatic rings. The van der Waals surface area contributed by atoms with Gasteiger partial charge in [-0.15, -0.1) is 0 Å². The molecule has 0 bridgehead atoms. The Morgan fingerprint density at radius 3 is 2.42 bits per heavy atom. The lowest BCUT2D eigenvalue weighted by Crippen LogP contribution is -2.11. The van der Waals surface area contributed by atoms with Gasteiger partial charge in [-0.2, -0.15) is 0 Å². The Hall–Kier alpha value is -2.16. The minimum absolute atomic E-state index is 0.349. The molecule has 0 heterocycles. The molecule has 3 heteroatoms. The first-order valence-electron chi connectivity index (χ1n) is 6.23. The van der Waals surface area contributed by atoms with Crippen LogP contribution in [-0.2, 0) is 6.42 Å². The van der Waals surface area contributed by atoms with Crippen molar-refractivity contribution in [2.24, 2.45) is 0 Å². The number of nitrogens with zero attached hydrogens (tertiary/aromatic N) is 1. The molecule has 0 aliphatic carbocycles. The van der Waals surface area contributed by atoms with E-state index in [1.54, 1.807) is 6.07 Å². The van der Waals surface area contributed by atoms with Crippen molar-refractivity contribution in [2.75, 3.05) is 11.9 Å². The zero-order valence-corrected chi connectivity index (χ0v) is 11.1. The summed E-state index contributed by atoms with van der Waals surface area (Å²) >= 11 is 0. The zero-order chi connectivity index (χ0) is 13.8. The van der Waals surface area contributed by atoms with E-state index in [1.807, 2.05) is 24.1 Å². The lowest BCUT2D eigenvalue weighted by Gasteiger charge is -2.21. The fourth-order valence-electron chi connectivity index (χ4n) is 2.02. The van der Waals surface area contributed by atoms with Crippen LogP contribution in [0.3, 0.4) is 0 Å². The van der Waals surface area contributed by atoms with Gasteiger partial charge in [-0.05, 0) is 42.3 Å². The Balaban J connectivity index is 2.37. The summed E-state index contributed by atoms with van der Waals surface area (Å²) in [4.78, 5) is 12.9. The van der Waals surface area contributed by atoms with Crippen LogP contribution in [0.4, 0.5) is 15.8 Å². The number of carbonyl (C=O) groups is 1. The fourth-order valence-corrected chi connectivity index (χ4v) is 2.02. The largest absolute Gasteiger partial charge is 0.344 e. The summed E-state index contributed by atoms with van der Waals surface area (Å²) in [5.41, 5.74) is 3.27. The molecule has 0 saturated carbocycles. The molecular formula is C16H16FNO. The van der Waals surface area contributed by atoms with E-state index in [0.717, 1.165) is 12.1 Å². The van der Waals surface area contributed by atoms with Crippen molar-refractivity contribution in [3.8, 4) is 0 Å². The number of benzene rings is 2. The van der Waals surface area contributed by atoms with Gasteiger partial charge in [0.25, 0.3) is 0 Å². The standard InChI is InChI=1S/C16H16FNO/c1-3-12-4-7-15(8-5-12)18(2)16-9-6-14(17)10-13(16)11-19/h4-11H,3H2,1-2H3. The van der Waals surface area contributed by atoms with Gasteiger partial charge in [0, 0.05) is 18.3 Å². The van der Waals surface area contributed by atoms with E-state index in [9.17, 15) is 9.18 Å². The van der Waals surface area contributed by atoms with Gasteiger partial charge in [-0.25, -0.2) is 4.39 Å². The average molecular weight is 257 g/mol. The van der Waals surface area contributed by atoms with Crippen LogP contribution in [0.25, 0.3) is 0 Å². The second-order valence-corrected chi connectivity index (χ2v) is 4.40. The molecule has 98 valence electrons. The summed E-state index contributed by atoms with van der Waals surface area (Å²) in [5.74, 6) is -0.402. The zero-order valence-electron chi connectivity index (χ0n) is 11.1. The third-order valence-electron chi connectivity index (χ3n) is 3.21. The second-order valence-electron chi connectivity index (χ2n) is 4.40. The van der Waals surface area contributed by atoms with Crippen molar-refractivity contribution in [1.82, 2.24) is 0 Å². The van der Waals surface area contributed by atoms with E-state index >= 15 is 0 Å². The van der Waals surface area contributed by atoms with Gasteiger partial charge >= 0.3 is 0 Å². The van der Waals surface area contributed by atoms with E-state index < -0.39 is 5.82 Å². The van der Waals surface area contributed by atoms with Crippen molar-refractivity contribution in [2.45, 2.75) is 13.3 Å². The van der Waals surface area contributed by atoms with Gasteiger partial charge in [-0.1, -0.05) is 19.1 Å². The smallest absolute Gasteiger partial charge is 0.152 e. The van der Waals surface area contributed by atoms with Crippen LogP contribution in [0.5, 0.6) is 0 Å². The number of aryl methyl sites for hydroxylation is 1. The minimum atomic E-state index is -0.402. The molecule has 19 heavy (non-hydrogen) atoms. The molecule has 0 saturated heterocycles. The van der Waals surface area contributed by atoms with Crippen LogP contribution in [0.1, 0.15) is 22.8 Å². The summed E-state index contributed by atoms with van der Waals surface area (Å²) in [6, 6.07) is 12.3. The van der Waals surface area contributed by atoms with Crippen LogP contribution in [-0.4, -0.2) is 13.3 Å². The predicted molar refractivity (Wildman–Crippen MR) is 75.7 cm³/mol. The first-order chi connectivity index (χ1) is 9.15. The number of carbonyl (C=O) groups excluding carboxylic acids is 1. The first-order valence-corrected chi connectivity index (χ1v) is 6.23. The number of rotatable bonds is 4. The van der Waals surface area contributed by atoms with Gasteiger partial charge in [0.15, 0.2) is 6.29 Å². The predicted octanol–water partition coefficient (Wildman–Crippen LogP) is 3.97. The maximum Gasteiger partial charge on any atom is 0.152 e. The Morgan fingerprint density at radius 1 is 1.16 bits per heavy atom. The third kappa shape index (κ3) is 2.81. The quantitative estimate of drug-likeness (QED) is 0.772. The summed E-state index contributed by atoms with van der Waals surface area (Å²) in [6.07, 6.45) is 1.66. The van der Waals surface area contributed by atoms with E-state index in [2.05, 4.69) is 19.1 Å². The third-order valence-corrected chi connectivity index (χ3v) is 3.21. The lowest BCUT2D eigenvalue weighted by molar-refractivity contribution is 0.112. The number of hydrogen-bond donors (Lipinski definition) is 0. The molecule has 0 N–H and O–H groups in total. The van der Waals surface area contributed by atoms with Crippen molar-refractivity contribution < 1.29 is 9.18 Å². The molecule has 0 aliphatic heterocycles. The topological polar surface area (TPSA) is 20.3 Å². The summed E-state index contributed by atoms with van der Waals surface area (Å²) < 4.78 is 13.1. The minimum Gasteiger partial charge on any atom is -0.344 e. The van der Waals surface area contributed by atoms with Crippen molar-refractivity contribution in [3.05, 3.63) is 59.4 Å². The maximum atomic E-state index is 13.1. The van der Waals surface area contributed by atoms with Gasteiger partial charge in [0.05, 0.1) is 5.69 Å². The Bertz CT molecular complexity index is 578. The first kappa shape index (κ1) is 13.3. The highest BCUT2D eigenvalue weighted by atomic mass is 19.1. The van der Waals surface area contributed by atoms with Crippen LogP contribution >= 0.6 is 0 Å². The molecule has 2 nitrogen and oxygen atoms in total. The number of aldehydes is 1. The molecule has 2 rings (SSSR count). The Morgan fingerprint density at radius 2 is 1.84 bits per heavy atom. The van der Waals surface area contributed by atoms with E-state index in [0.29, 0.717) is 17.5 Å². The normalized spacial score (nSPS) is 10.3. The highest BCUT2D eigenvalue weighted by molar-refractivity contribution is 5.86. The Labute approximate surface area is 112 Å². The van der Waals surface area contributed by atoms with E-state index in [1.165, 1.54) is 17.7 Å². The van der Waals surface area contributed by atoms with Crippen LogP contribution in [0, 0.1) is 5.82 Å². The molecule has 0 unspecified atom stereocenters. The molecule has 0 atom stereocenters. The molecule has 0 spiro atoms. The average Bonchev–Trinajstić information content (AvgIpc) is 2.46. The second kappa shape index (κ2) is 5.65. The summed E-state index contributed by atoms with van der Waals surface area (Å²) in [5, 5.41) is 0. The summed E-state index contributed by atoms with van der Waals surface area (Å²) in [6.45, 7) is 2.10. The van der Waals surface area contributed by atoms with Crippen LogP contribution in [0.2, 0.25) is 0 Å². The van der Waals surface area contributed by atoms with Crippen molar-refractivity contribution in [3.63, 3.8) is 0 Å². The van der Waals surface area contributed by atoms with Crippen molar-refractivity contribution in [1.29, 1.82) is 0 Å². The molecule has 0 radical (unpaired) electrons. The lowest BCUT2D eigenvalue weighted by atomic mass is 10.1. The molecule has 0 aliphatic rings. The molecular weight excluding hydrogens is 241 g/mol. The number of hydrogen-bond acceptors (Lipinski definition) is 2. The molecule has 2 aromatic carbocycles. The van der Waals surface area contributed by atoms with Crippen LogP contribution in [0.15, 0.2) is 42.5 Å². The molecule has 0 amide bonds. The van der Waals surface area contributed by atoms with Gasteiger partial charge in [-0.3, -0.25) is 4.79 Å². The summed E-state index contributed by atoms with van der Waals surface area (Å²) in [7, 11) is 1.86. The van der Waals surface area contributed by atoms with Crippen molar-refractivity contribution >= 4 is 17.7 Å². The number of halogens is 1. The molecule has 0 aromatic heterocycles. The van der Waals surface area contributed by atoms with Gasteiger partial charge in [0.1, 0.15) is 5.82 Å². The van der Waals surface area contributed by atoms with Gasteiger partial charge in [0.2, 0.25) is 0 Å². The monoisotopic (exact) mass is 257 g/mol. The van der Waals surface area contributed by atoms with E-state index in [4.69, 9.17) is 0 Å². The fraction of sp³-hybridized carbons (Fsp3) is 0.188. The highest BCUT2D eigenvalue weighted by Gasteiger charge is 2.09. The maximum absolute atomic E-state index is 13.1. The van der Waals surface area contributed by atoms with E-state index in [-0.39, 0.29) is 0 Å². The highest BCUT2D eigenvalue weighted by Crippen LogP contribution is 2.27. The van der Waals surface area contributed by atoms with Gasteiger partial charge < -0.3 is 4.90 Å². The SMILES string of the molecule is CCc1ccc(N(C)c2ccc(F)cc2C=O)cc1. The van der Waals surface area contributed by atoms with Crippen LogP contribution < -0.4 is 4.90 Å². The number of anilines is 2. The Kier molecular flexibility index (Phi) is 3.95. The molecule has 0 fully saturated rings.